The summed E-state index contributed by atoms with van der Waals surface area (Å²) in [5.41, 5.74) is 1.77. The van der Waals surface area contributed by atoms with Crippen LogP contribution in [0.25, 0.3) is 0 Å². The van der Waals surface area contributed by atoms with Crippen molar-refractivity contribution in [3.63, 3.8) is 0 Å². The lowest BCUT2D eigenvalue weighted by molar-refractivity contribution is -0.138. The van der Waals surface area contributed by atoms with Gasteiger partial charge in [0.25, 0.3) is 0 Å². The number of nitrogens with one attached hydrogen (secondary N) is 1. The largest absolute Gasteiger partial charge is 0.355 e. The van der Waals surface area contributed by atoms with Crippen molar-refractivity contribution in [3.05, 3.63) is 68.1 Å². The van der Waals surface area contributed by atoms with Gasteiger partial charge in [-0.3, -0.25) is 9.59 Å². The van der Waals surface area contributed by atoms with E-state index in [0.717, 1.165) is 10.0 Å². The van der Waals surface area contributed by atoms with Gasteiger partial charge >= 0.3 is 0 Å². The van der Waals surface area contributed by atoms with Crippen molar-refractivity contribution in [2.24, 2.45) is 0 Å². The zero-order valence-electron chi connectivity index (χ0n) is 16.3. The summed E-state index contributed by atoms with van der Waals surface area (Å²) in [4.78, 5) is 26.9. The molecule has 156 valence electrons. The van der Waals surface area contributed by atoms with Crippen molar-refractivity contribution in [3.8, 4) is 0 Å². The van der Waals surface area contributed by atoms with E-state index < -0.39 is 6.04 Å². The fraction of sp³-hybridized carbons (Fsp3) is 0.333. The Hall–Kier alpha value is -1.21. The molecule has 0 aliphatic rings. The minimum Gasteiger partial charge on any atom is -0.355 e. The molecule has 29 heavy (non-hydrogen) atoms. The molecule has 1 atom stereocenters. The SMILES string of the molecule is CCNC(=O)[C@H](C)N(Cc1c(Cl)cccc1Cl)C(=O)CSCc1ccc(Br)cc1. The van der Waals surface area contributed by atoms with Crippen molar-refractivity contribution < 1.29 is 9.59 Å². The number of halogens is 3. The predicted molar refractivity (Wildman–Crippen MR) is 125 cm³/mol. The number of thioether (sulfide) groups is 1. The number of rotatable bonds is 9. The van der Waals surface area contributed by atoms with Gasteiger partial charge in [-0.05, 0) is 43.7 Å². The molecule has 2 amide bonds. The molecule has 8 heteroatoms. The second kappa shape index (κ2) is 11.8. The van der Waals surface area contributed by atoms with Gasteiger partial charge in [0.15, 0.2) is 0 Å². The zero-order chi connectivity index (χ0) is 21.4. The average Bonchev–Trinajstić information content (AvgIpc) is 2.69. The third-order valence-corrected chi connectivity index (χ3v) is 6.54. The molecule has 0 radical (unpaired) electrons. The molecular weight excluding hydrogens is 495 g/mol. The molecule has 0 aromatic heterocycles. The van der Waals surface area contributed by atoms with Gasteiger partial charge in [-0.2, -0.15) is 0 Å². The van der Waals surface area contributed by atoms with Crippen LogP contribution in [0.2, 0.25) is 10.0 Å². The minimum absolute atomic E-state index is 0.137. The van der Waals surface area contributed by atoms with E-state index >= 15 is 0 Å². The molecule has 1 N–H and O–H groups in total. The Balaban J connectivity index is 2.11. The minimum atomic E-state index is -0.636. The summed E-state index contributed by atoms with van der Waals surface area (Å²) >= 11 is 17.5. The summed E-state index contributed by atoms with van der Waals surface area (Å²) in [5.74, 6) is 0.612. The monoisotopic (exact) mass is 516 g/mol. The molecule has 0 saturated heterocycles. The normalized spacial score (nSPS) is 11.8. The zero-order valence-corrected chi connectivity index (χ0v) is 20.2. The molecular formula is C21H23BrCl2N2O2S. The van der Waals surface area contributed by atoms with Crippen LogP contribution in [0.15, 0.2) is 46.9 Å². The number of carbonyl (C=O) groups excluding carboxylic acids is 2. The quantitative estimate of drug-likeness (QED) is 0.474. The molecule has 0 aliphatic carbocycles. The highest BCUT2D eigenvalue weighted by atomic mass is 79.9. The van der Waals surface area contributed by atoms with Crippen LogP contribution in [-0.2, 0) is 21.9 Å². The van der Waals surface area contributed by atoms with Crippen molar-refractivity contribution in [2.75, 3.05) is 12.3 Å². The molecule has 0 saturated carbocycles. The van der Waals surface area contributed by atoms with Crippen molar-refractivity contribution in [2.45, 2.75) is 32.2 Å². The fourth-order valence-electron chi connectivity index (χ4n) is 2.68. The van der Waals surface area contributed by atoms with Gasteiger partial charge in [0.2, 0.25) is 11.8 Å². The van der Waals surface area contributed by atoms with E-state index in [2.05, 4.69) is 21.2 Å². The molecule has 0 heterocycles. The number of hydrogen-bond donors (Lipinski definition) is 1. The summed E-state index contributed by atoms with van der Waals surface area (Å²) in [6.07, 6.45) is 0. The average molecular weight is 518 g/mol. The van der Waals surface area contributed by atoms with Crippen LogP contribution in [0.4, 0.5) is 0 Å². The number of amides is 2. The topological polar surface area (TPSA) is 49.4 Å². The molecule has 0 aliphatic heterocycles. The van der Waals surface area contributed by atoms with E-state index in [0.29, 0.717) is 27.9 Å². The summed E-state index contributed by atoms with van der Waals surface area (Å²) in [6, 6.07) is 12.5. The Kier molecular flexibility index (Phi) is 9.83. The molecule has 0 bridgehead atoms. The highest BCUT2D eigenvalue weighted by Crippen LogP contribution is 2.27. The Labute approximate surface area is 194 Å². The second-order valence-electron chi connectivity index (χ2n) is 6.41. The summed E-state index contributed by atoms with van der Waals surface area (Å²) in [5, 5.41) is 3.72. The first-order valence-electron chi connectivity index (χ1n) is 9.15. The van der Waals surface area contributed by atoms with Gasteiger partial charge in [0.05, 0.1) is 5.75 Å². The van der Waals surface area contributed by atoms with Gasteiger partial charge < -0.3 is 10.2 Å². The van der Waals surface area contributed by atoms with Gasteiger partial charge in [-0.15, -0.1) is 11.8 Å². The Bertz CT molecular complexity index is 829. The van der Waals surface area contributed by atoms with Crippen LogP contribution in [0.3, 0.4) is 0 Å². The maximum Gasteiger partial charge on any atom is 0.242 e. The summed E-state index contributed by atoms with van der Waals surface area (Å²) < 4.78 is 1.01. The van der Waals surface area contributed by atoms with Crippen molar-refractivity contribution in [1.82, 2.24) is 10.2 Å². The maximum absolute atomic E-state index is 13.0. The first-order valence-corrected chi connectivity index (χ1v) is 11.9. The van der Waals surface area contributed by atoms with Crippen LogP contribution in [0.5, 0.6) is 0 Å². The van der Waals surface area contributed by atoms with Gasteiger partial charge in [0.1, 0.15) is 6.04 Å². The fourth-order valence-corrected chi connectivity index (χ4v) is 4.33. The highest BCUT2D eigenvalue weighted by Gasteiger charge is 2.27. The second-order valence-corrected chi connectivity index (χ2v) is 9.13. The Morgan fingerprint density at radius 2 is 1.76 bits per heavy atom. The predicted octanol–water partition coefficient (Wildman–Crippen LogP) is 5.54. The molecule has 2 rings (SSSR count). The van der Waals surface area contributed by atoms with E-state index in [9.17, 15) is 9.59 Å². The maximum atomic E-state index is 13.0. The number of benzene rings is 2. The van der Waals surface area contributed by atoms with E-state index in [4.69, 9.17) is 23.2 Å². The molecule has 0 unspecified atom stereocenters. The molecule has 2 aromatic carbocycles. The first kappa shape index (κ1) is 24.1. The van der Waals surface area contributed by atoms with Crippen LogP contribution in [-0.4, -0.2) is 35.1 Å². The summed E-state index contributed by atoms with van der Waals surface area (Å²) in [7, 11) is 0. The van der Waals surface area contributed by atoms with Crippen molar-refractivity contribution in [1.29, 1.82) is 0 Å². The Morgan fingerprint density at radius 3 is 2.34 bits per heavy atom. The Morgan fingerprint density at radius 1 is 1.14 bits per heavy atom. The number of nitrogens with zero attached hydrogens (tertiary/aromatic N) is 1. The molecule has 4 nitrogen and oxygen atoms in total. The van der Waals surface area contributed by atoms with E-state index in [1.54, 1.807) is 25.1 Å². The van der Waals surface area contributed by atoms with E-state index in [1.165, 1.54) is 16.7 Å². The number of carbonyl (C=O) groups is 2. The lowest BCUT2D eigenvalue weighted by atomic mass is 10.1. The molecule has 0 fully saturated rings. The number of likely N-dealkylation sites (N-methyl/N-ethyl adjacent to an activating group) is 1. The smallest absolute Gasteiger partial charge is 0.242 e. The lowest BCUT2D eigenvalue weighted by Crippen LogP contribution is -2.48. The summed E-state index contributed by atoms with van der Waals surface area (Å²) in [6.45, 7) is 4.23. The molecule has 0 spiro atoms. The highest BCUT2D eigenvalue weighted by molar-refractivity contribution is 9.10. The third kappa shape index (κ3) is 7.21. The van der Waals surface area contributed by atoms with Crippen LogP contribution in [0.1, 0.15) is 25.0 Å². The van der Waals surface area contributed by atoms with Crippen LogP contribution < -0.4 is 5.32 Å². The third-order valence-electron chi connectivity index (χ3n) is 4.32. The van der Waals surface area contributed by atoms with E-state index in [-0.39, 0.29) is 24.1 Å². The van der Waals surface area contributed by atoms with Gasteiger partial charge in [-0.1, -0.05) is 57.3 Å². The van der Waals surface area contributed by atoms with Crippen LogP contribution in [0, 0.1) is 0 Å². The standard InChI is InChI=1S/C21H23BrCl2N2O2S/c1-3-25-21(28)14(2)26(11-17-18(23)5-4-6-19(17)24)20(27)13-29-12-15-7-9-16(22)10-8-15/h4-10,14H,3,11-13H2,1-2H3,(H,25,28)/t14-/m0/s1. The first-order chi connectivity index (χ1) is 13.8. The van der Waals surface area contributed by atoms with Gasteiger partial charge in [-0.25, -0.2) is 0 Å². The van der Waals surface area contributed by atoms with Crippen molar-refractivity contribution >= 4 is 62.7 Å². The van der Waals surface area contributed by atoms with Crippen LogP contribution >= 0.6 is 50.9 Å². The lowest BCUT2D eigenvalue weighted by Gasteiger charge is -2.29. The molecule has 2 aromatic rings. The van der Waals surface area contributed by atoms with E-state index in [1.807, 2.05) is 31.2 Å². The number of hydrogen-bond acceptors (Lipinski definition) is 3. The van der Waals surface area contributed by atoms with Gasteiger partial charge in [0, 0.05) is 38.9 Å².